The second-order valence-corrected chi connectivity index (χ2v) is 5.43. The van der Waals surface area contributed by atoms with E-state index in [1.165, 1.54) is 0 Å². The van der Waals surface area contributed by atoms with Crippen molar-refractivity contribution >= 4 is 16.8 Å². The molecule has 0 fully saturated rings. The Balaban J connectivity index is 2.37. The number of fused-ring (bicyclic) bond motifs is 1. The van der Waals surface area contributed by atoms with Crippen LogP contribution in [0.4, 0.5) is 0 Å². The van der Waals surface area contributed by atoms with Crippen molar-refractivity contribution in [3.8, 4) is 0 Å². The Hall–Kier alpha value is -1.77. The van der Waals surface area contributed by atoms with E-state index in [1.54, 1.807) is 0 Å². The van der Waals surface area contributed by atoms with Crippen LogP contribution in [0.2, 0.25) is 0 Å². The number of carbonyl (C=O) groups is 1. The Morgan fingerprint density at radius 1 is 1.29 bits per heavy atom. The summed E-state index contributed by atoms with van der Waals surface area (Å²) < 4.78 is 0. The van der Waals surface area contributed by atoms with Crippen LogP contribution in [0, 0.1) is 6.92 Å². The minimum absolute atomic E-state index is 0.0619. The maximum absolute atomic E-state index is 12.0. The number of hydrogen-bond donors (Lipinski definition) is 2. The monoisotopic (exact) mass is 230 g/mol. The fourth-order valence-electron chi connectivity index (χ4n) is 1.84. The molecular formula is C14H18N2O. The molecule has 3 nitrogen and oxygen atoms in total. The summed E-state index contributed by atoms with van der Waals surface area (Å²) in [5, 5.41) is 4.02. The zero-order chi connectivity index (χ0) is 12.6. The highest BCUT2D eigenvalue weighted by Crippen LogP contribution is 2.19. The van der Waals surface area contributed by atoms with E-state index in [-0.39, 0.29) is 11.4 Å². The van der Waals surface area contributed by atoms with Crippen LogP contribution in [0.25, 0.3) is 10.9 Å². The highest BCUT2D eigenvalue weighted by atomic mass is 16.2. The summed E-state index contributed by atoms with van der Waals surface area (Å²) in [6, 6.07) is 7.93. The Morgan fingerprint density at radius 3 is 2.59 bits per heavy atom. The third kappa shape index (κ3) is 2.49. The summed E-state index contributed by atoms with van der Waals surface area (Å²) in [6.45, 7) is 7.95. The number of amides is 1. The molecule has 0 bridgehead atoms. The zero-order valence-corrected chi connectivity index (χ0v) is 10.7. The molecule has 0 unspecified atom stereocenters. The molecule has 0 aliphatic carbocycles. The maximum Gasteiger partial charge on any atom is 0.268 e. The number of nitrogens with one attached hydrogen (secondary N) is 2. The number of rotatable bonds is 1. The molecule has 1 heterocycles. The van der Waals surface area contributed by atoms with Gasteiger partial charge in [0.2, 0.25) is 0 Å². The van der Waals surface area contributed by atoms with Gasteiger partial charge in [0, 0.05) is 16.4 Å². The van der Waals surface area contributed by atoms with Crippen LogP contribution in [-0.4, -0.2) is 16.4 Å². The van der Waals surface area contributed by atoms with Crippen molar-refractivity contribution in [1.29, 1.82) is 0 Å². The predicted molar refractivity (Wildman–Crippen MR) is 70.3 cm³/mol. The first-order chi connectivity index (χ1) is 7.87. The van der Waals surface area contributed by atoms with Crippen molar-refractivity contribution in [3.05, 3.63) is 35.5 Å². The van der Waals surface area contributed by atoms with Gasteiger partial charge in [-0.25, -0.2) is 0 Å². The Kier molecular flexibility index (Phi) is 2.69. The van der Waals surface area contributed by atoms with E-state index in [0.29, 0.717) is 5.69 Å². The molecule has 0 aliphatic heterocycles. The van der Waals surface area contributed by atoms with Crippen LogP contribution in [0.1, 0.15) is 36.8 Å². The molecule has 3 heteroatoms. The van der Waals surface area contributed by atoms with Crippen molar-refractivity contribution in [3.63, 3.8) is 0 Å². The molecule has 0 aliphatic rings. The summed E-state index contributed by atoms with van der Waals surface area (Å²) >= 11 is 0. The van der Waals surface area contributed by atoms with Gasteiger partial charge in [-0.05, 0) is 39.3 Å². The fraction of sp³-hybridized carbons (Fsp3) is 0.357. The summed E-state index contributed by atoms with van der Waals surface area (Å²) in [6.07, 6.45) is 0. The molecule has 2 rings (SSSR count). The van der Waals surface area contributed by atoms with Gasteiger partial charge >= 0.3 is 0 Å². The first kappa shape index (κ1) is 11.7. The molecule has 2 N–H and O–H groups in total. The van der Waals surface area contributed by atoms with Crippen LogP contribution >= 0.6 is 0 Å². The van der Waals surface area contributed by atoms with Crippen LogP contribution in [0.3, 0.4) is 0 Å². The minimum atomic E-state index is -0.219. The van der Waals surface area contributed by atoms with E-state index in [1.807, 2.05) is 52.0 Å². The Morgan fingerprint density at radius 2 is 2.00 bits per heavy atom. The van der Waals surface area contributed by atoms with Gasteiger partial charge in [0.15, 0.2) is 0 Å². The van der Waals surface area contributed by atoms with Crippen LogP contribution in [0.5, 0.6) is 0 Å². The first-order valence-electron chi connectivity index (χ1n) is 5.78. The number of aromatic nitrogens is 1. The third-order valence-electron chi connectivity index (χ3n) is 2.60. The van der Waals surface area contributed by atoms with E-state index in [2.05, 4.69) is 10.3 Å². The summed E-state index contributed by atoms with van der Waals surface area (Å²) in [4.78, 5) is 15.2. The normalized spacial score (nSPS) is 11.8. The van der Waals surface area contributed by atoms with Gasteiger partial charge in [0.25, 0.3) is 5.91 Å². The smallest absolute Gasteiger partial charge is 0.268 e. The second-order valence-electron chi connectivity index (χ2n) is 5.43. The Labute approximate surface area is 101 Å². The molecular weight excluding hydrogens is 212 g/mol. The zero-order valence-electron chi connectivity index (χ0n) is 10.7. The Bertz CT molecular complexity index is 561. The molecule has 17 heavy (non-hydrogen) atoms. The van der Waals surface area contributed by atoms with Crippen LogP contribution < -0.4 is 5.32 Å². The molecule has 90 valence electrons. The van der Waals surface area contributed by atoms with Crippen molar-refractivity contribution in [1.82, 2.24) is 10.3 Å². The van der Waals surface area contributed by atoms with Gasteiger partial charge in [-0.3, -0.25) is 4.79 Å². The van der Waals surface area contributed by atoms with E-state index in [4.69, 9.17) is 0 Å². The summed E-state index contributed by atoms with van der Waals surface area (Å²) in [5.74, 6) is -0.0619. The predicted octanol–water partition coefficient (Wildman–Crippen LogP) is 3.00. The van der Waals surface area contributed by atoms with Gasteiger partial charge in [-0.15, -0.1) is 0 Å². The van der Waals surface area contributed by atoms with Crippen molar-refractivity contribution in [2.75, 3.05) is 0 Å². The number of carbonyl (C=O) groups excluding carboxylic acids is 1. The van der Waals surface area contributed by atoms with Gasteiger partial charge in [-0.1, -0.05) is 18.2 Å². The van der Waals surface area contributed by atoms with Gasteiger partial charge < -0.3 is 10.3 Å². The second kappa shape index (κ2) is 3.91. The highest BCUT2D eigenvalue weighted by molar-refractivity contribution is 5.98. The highest BCUT2D eigenvalue weighted by Gasteiger charge is 2.17. The molecule has 1 aromatic heterocycles. The molecule has 0 saturated heterocycles. The molecule has 0 atom stereocenters. The molecule has 0 spiro atoms. The van der Waals surface area contributed by atoms with Gasteiger partial charge in [-0.2, -0.15) is 0 Å². The van der Waals surface area contributed by atoms with Gasteiger partial charge in [0.1, 0.15) is 5.69 Å². The standard InChI is InChI=1S/C14H18N2O/c1-9-6-5-7-10-8-11(15-12(9)10)13(17)16-14(2,3)4/h5-8,15H,1-4H3,(H,16,17). The summed E-state index contributed by atoms with van der Waals surface area (Å²) in [7, 11) is 0. The lowest BCUT2D eigenvalue weighted by Crippen LogP contribution is -2.40. The topological polar surface area (TPSA) is 44.9 Å². The molecule has 1 amide bonds. The average molecular weight is 230 g/mol. The third-order valence-corrected chi connectivity index (χ3v) is 2.60. The molecule has 0 radical (unpaired) electrons. The lowest BCUT2D eigenvalue weighted by Gasteiger charge is -2.19. The number of H-pyrrole nitrogens is 1. The average Bonchev–Trinajstić information content (AvgIpc) is 2.60. The lowest BCUT2D eigenvalue weighted by atomic mass is 10.1. The quantitative estimate of drug-likeness (QED) is 0.777. The van der Waals surface area contributed by atoms with E-state index in [0.717, 1.165) is 16.5 Å². The van der Waals surface area contributed by atoms with Crippen molar-refractivity contribution in [2.24, 2.45) is 0 Å². The maximum atomic E-state index is 12.0. The SMILES string of the molecule is Cc1cccc2cc(C(=O)NC(C)(C)C)[nH]c12. The number of aromatic amines is 1. The molecule has 0 saturated carbocycles. The molecule has 1 aromatic carbocycles. The van der Waals surface area contributed by atoms with Gasteiger partial charge in [0.05, 0.1) is 0 Å². The fourth-order valence-corrected chi connectivity index (χ4v) is 1.84. The first-order valence-corrected chi connectivity index (χ1v) is 5.78. The van der Waals surface area contributed by atoms with E-state index in [9.17, 15) is 4.79 Å². The number of hydrogen-bond acceptors (Lipinski definition) is 1. The molecule has 2 aromatic rings. The van der Waals surface area contributed by atoms with Crippen LogP contribution in [0.15, 0.2) is 24.3 Å². The van der Waals surface area contributed by atoms with Crippen molar-refractivity contribution in [2.45, 2.75) is 33.2 Å². The van der Waals surface area contributed by atoms with Crippen LogP contribution in [-0.2, 0) is 0 Å². The summed E-state index contributed by atoms with van der Waals surface area (Å²) in [5.41, 5.74) is 2.58. The number of aryl methyl sites for hydroxylation is 1. The number of para-hydroxylation sites is 1. The number of benzene rings is 1. The van der Waals surface area contributed by atoms with E-state index < -0.39 is 0 Å². The largest absolute Gasteiger partial charge is 0.350 e. The van der Waals surface area contributed by atoms with E-state index >= 15 is 0 Å². The lowest BCUT2D eigenvalue weighted by molar-refractivity contribution is 0.0915. The minimum Gasteiger partial charge on any atom is -0.350 e. The van der Waals surface area contributed by atoms with Crippen molar-refractivity contribution < 1.29 is 4.79 Å².